The lowest BCUT2D eigenvalue weighted by molar-refractivity contribution is -0.138. The number of alkyl halides is 2. The van der Waals surface area contributed by atoms with Gasteiger partial charge in [0.25, 0.3) is 0 Å². The van der Waals surface area contributed by atoms with E-state index >= 15 is 0 Å². The zero-order valence-electron chi connectivity index (χ0n) is 11.1. The van der Waals surface area contributed by atoms with Crippen LogP contribution in [0.2, 0.25) is 0 Å². The molecule has 7 nitrogen and oxygen atoms in total. The molecule has 0 unspecified atom stereocenters. The number of nitrogens with zero attached hydrogens (tertiary/aromatic N) is 3. The highest BCUT2D eigenvalue weighted by molar-refractivity contribution is 5.92. The van der Waals surface area contributed by atoms with Crippen LogP contribution in [0.25, 0.3) is 11.0 Å². The molecule has 0 saturated carbocycles. The number of halogens is 2. The van der Waals surface area contributed by atoms with Crippen LogP contribution in [0, 0.1) is 12.3 Å². The number of hydrogen-bond acceptors (Lipinski definition) is 6. The highest BCUT2D eigenvalue weighted by Gasteiger charge is 2.59. The summed E-state index contributed by atoms with van der Waals surface area (Å²) >= 11 is 0. The van der Waals surface area contributed by atoms with E-state index in [1.165, 1.54) is 6.20 Å². The van der Waals surface area contributed by atoms with Crippen LogP contribution in [0.3, 0.4) is 0 Å². The zero-order valence-corrected chi connectivity index (χ0v) is 11.1. The van der Waals surface area contributed by atoms with Gasteiger partial charge >= 0.3 is 5.92 Å². The van der Waals surface area contributed by atoms with Crippen molar-refractivity contribution in [3.63, 3.8) is 0 Å². The van der Waals surface area contributed by atoms with Gasteiger partial charge in [-0.1, -0.05) is 5.92 Å². The first-order valence-electron chi connectivity index (χ1n) is 6.31. The number of fused-ring (bicyclic) bond motifs is 1. The lowest BCUT2D eigenvalue weighted by Gasteiger charge is -2.21. The van der Waals surface area contributed by atoms with E-state index in [0.717, 1.165) is 10.9 Å². The summed E-state index contributed by atoms with van der Waals surface area (Å²) in [5.74, 6) is -1.26. The molecule has 1 aliphatic heterocycles. The van der Waals surface area contributed by atoms with Gasteiger partial charge in [0, 0.05) is 6.20 Å². The number of anilines is 1. The molecule has 0 spiro atoms. The molecule has 3 heterocycles. The molecule has 1 aliphatic rings. The maximum absolute atomic E-state index is 14.2. The Morgan fingerprint density at radius 1 is 1.50 bits per heavy atom. The van der Waals surface area contributed by atoms with Gasteiger partial charge in [0.05, 0.1) is 17.6 Å². The van der Waals surface area contributed by atoms with E-state index in [1.807, 2.05) is 0 Å². The van der Waals surface area contributed by atoms with Crippen molar-refractivity contribution in [1.82, 2.24) is 14.5 Å². The maximum Gasteiger partial charge on any atom is 0.320 e. The summed E-state index contributed by atoms with van der Waals surface area (Å²) in [5, 5.41) is 18.9. The molecule has 3 rings (SSSR count). The topological polar surface area (TPSA) is 106 Å². The first-order valence-corrected chi connectivity index (χ1v) is 6.31. The number of aliphatic hydroxyl groups excluding tert-OH is 2. The fourth-order valence-corrected chi connectivity index (χ4v) is 2.52. The zero-order chi connectivity index (χ0) is 16.1. The van der Waals surface area contributed by atoms with E-state index in [2.05, 4.69) is 15.9 Å². The quantitative estimate of drug-likeness (QED) is 0.668. The molecular weight excluding hydrogens is 298 g/mol. The third kappa shape index (κ3) is 1.85. The van der Waals surface area contributed by atoms with Gasteiger partial charge in [0.2, 0.25) is 6.23 Å². The number of hydrogen-bond donors (Lipinski definition) is 3. The molecule has 22 heavy (non-hydrogen) atoms. The first-order chi connectivity index (χ1) is 10.4. The van der Waals surface area contributed by atoms with E-state index in [0.29, 0.717) is 0 Å². The van der Waals surface area contributed by atoms with E-state index < -0.39 is 31.0 Å². The molecule has 0 amide bonds. The van der Waals surface area contributed by atoms with Gasteiger partial charge in [0.15, 0.2) is 6.10 Å². The molecule has 1 saturated heterocycles. The van der Waals surface area contributed by atoms with Crippen LogP contribution in [0.4, 0.5) is 14.6 Å². The van der Waals surface area contributed by atoms with Crippen molar-refractivity contribution in [3.05, 3.63) is 18.1 Å². The highest BCUT2D eigenvalue weighted by atomic mass is 19.3. The third-order valence-corrected chi connectivity index (χ3v) is 3.61. The number of nitrogen functional groups attached to an aromatic ring is 1. The predicted octanol–water partition coefficient (Wildman–Crippen LogP) is -0.119. The van der Waals surface area contributed by atoms with Crippen LogP contribution in [0.1, 0.15) is 11.8 Å². The largest absolute Gasteiger partial charge is 0.394 e. The Labute approximate surface area is 123 Å². The van der Waals surface area contributed by atoms with Crippen LogP contribution in [0.15, 0.2) is 12.5 Å². The van der Waals surface area contributed by atoms with Gasteiger partial charge in [-0.25, -0.2) is 9.97 Å². The van der Waals surface area contributed by atoms with Crippen molar-refractivity contribution in [3.8, 4) is 12.3 Å². The lowest BCUT2D eigenvalue weighted by Crippen LogP contribution is -2.39. The minimum atomic E-state index is -3.63. The highest BCUT2D eigenvalue weighted by Crippen LogP contribution is 2.44. The Balaban J connectivity index is 2.20. The normalized spacial score (nSPS) is 27.1. The van der Waals surface area contributed by atoms with Crippen molar-refractivity contribution in [2.24, 2.45) is 0 Å². The molecule has 2 aromatic rings. The van der Waals surface area contributed by atoms with Crippen LogP contribution in [-0.4, -0.2) is 49.5 Å². The Hall–Kier alpha value is -2.28. The van der Waals surface area contributed by atoms with Crippen molar-refractivity contribution in [2.75, 3.05) is 12.3 Å². The number of aromatic nitrogens is 3. The Kier molecular flexibility index (Phi) is 3.25. The standard InChI is InChI=1S/C13H12F2N4O3/c1-2-6-3-19(11-8(6)10(16)17-5-18-11)12-13(14,15)9(21)7(4-20)22-12/h1,3,5,7,9,12,20-21H,4H2,(H2,16,17,18)/t7-,9-,12-/m1/s1. The average Bonchev–Trinajstić information content (AvgIpc) is 2.97. The number of aliphatic hydroxyl groups is 2. The summed E-state index contributed by atoms with van der Waals surface area (Å²) in [5.41, 5.74) is 6.01. The summed E-state index contributed by atoms with van der Waals surface area (Å²) in [6.07, 6.45) is 2.28. The van der Waals surface area contributed by atoms with E-state index in [-0.39, 0.29) is 22.4 Å². The molecule has 0 bridgehead atoms. The average molecular weight is 310 g/mol. The molecule has 2 aromatic heterocycles. The fourth-order valence-electron chi connectivity index (χ4n) is 2.52. The second-order valence-electron chi connectivity index (χ2n) is 4.88. The van der Waals surface area contributed by atoms with Crippen LogP contribution in [-0.2, 0) is 4.74 Å². The van der Waals surface area contributed by atoms with Gasteiger partial charge in [-0.05, 0) is 0 Å². The molecule has 116 valence electrons. The van der Waals surface area contributed by atoms with Gasteiger partial charge < -0.3 is 20.7 Å². The van der Waals surface area contributed by atoms with Gasteiger partial charge in [-0.3, -0.25) is 4.57 Å². The Bertz CT molecular complexity index is 770. The van der Waals surface area contributed by atoms with E-state index in [4.69, 9.17) is 22.0 Å². The number of terminal acetylenes is 1. The molecule has 4 N–H and O–H groups in total. The molecule has 0 aliphatic carbocycles. The predicted molar refractivity (Wildman–Crippen MR) is 71.8 cm³/mol. The fraction of sp³-hybridized carbons (Fsp3) is 0.385. The smallest absolute Gasteiger partial charge is 0.320 e. The van der Waals surface area contributed by atoms with Crippen LogP contribution in [0.5, 0.6) is 0 Å². The second-order valence-corrected chi connectivity index (χ2v) is 4.88. The first kappa shape index (κ1) is 14.6. The molecule has 9 heteroatoms. The molecule has 0 aromatic carbocycles. The maximum atomic E-state index is 14.2. The van der Waals surface area contributed by atoms with Crippen molar-refractivity contribution in [2.45, 2.75) is 24.4 Å². The third-order valence-electron chi connectivity index (χ3n) is 3.61. The summed E-state index contributed by atoms with van der Waals surface area (Å²) < 4.78 is 34.5. The van der Waals surface area contributed by atoms with Crippen LogP contribution < -0.4 is 5.73 Å². The number of nitrogens with two attached hydrogens (primary N) is 1. The summed E-state index contributed by atoms with van der Waals surface area (Å²) in [4.78, 5) is 7.69. The molecular formula is C13H12F2N4O3. The Morgan fingerprint density at radius 2 is 2.23 bits per heavy atom. The number of rotatable bonds is 2. The van der Waals surface area contributed by atoms with E-state index in [9.17, 15) is 13.9 Å². The molecule has 0 radical (unpaired) electrons. The van der Waals surface area contributed by atoms with Crippen LogP contribution >= 0.6 is 0 Å². The van der Waals surface area contributed by atoms with Gasteiger partial charge in [-0.15, -0.1) is 6.42 Å². The SMILES string of the molecule is C#Cc1cn([C@@H]2O[C@H](CO)[C@@H](O)C2(F)F)c2ncnc(N)c12. The second kappa shape index (κ2) is 4.88. The van der Waals surface area contributed by atoms with Crippen molar-refractivity contribution >= 4 is 16.9 Å². The minimum absolute atomic E-state index is 0.0530. The number of ether oxygens (including phenoxy) is 1. The van der Waals surface area contributed by atoms with E-state index in [1.54, 1.807) is 0 Å². The van der Waals surface area contributed by atoms with Crippen molar-refractivity contribution in [1.29, 1.82) is 0 Å². The van der Waals surface area contributed by atoms with Crippen molar-refractivity contribution < 1.29 is 23.7 Å². The van der Waals surface area contributed by atoms with Gasteiger partial charge in [0.1, 0.15) is 23.9 Å². The lowest BCUT2D eigenvalue weighted by atomic mass is 10.1. The molecule has 1 fully saturated rings. The molecule has 3 atom stereocenters. The summed E-state index contributed by atoms with van der Waals surface area (Å²) in [7, 11) is 0. The minimum Gasteiger partial charge on any atom is -0.394 e. The monoisotopic (exact) mass is 310 g/mol. The summed E-state index contributed by atoms with van der Waals surface area (Å²) in [6, 6.07) is 0. The Morgan fingerprint density at radius 3 is 2.82 bits per heavy atom. The van der Waals surface area contributed by atoms with Gasteiger partial charge in [-0.2, -0.15) is 8.78 Å². The summed E-state index contributed by atoms with van der Waals surface area (Å²) in [6.45, 7) is -0.744.